The summed E-state index contributed by atoms with van der Waals surface area (Å²) < 4.78 is 5.53. The first-order valence-electron chi connectivity index (χ1n) is 7.62. The zero-order chi connectivity index (χ0) is 14.7. The molecule has 0 amide bonds. The molecule has 1 N–H and O–H groups in total. The van der Waals surface area contributed by atoms with E-state index < -0.39 is 0 Å². The van der Waals surface area contributed by atoms with Crippen molar-refractivity contribution in [3.8, 4) is 5.75 Å². The molecule has 2 rings (SSSR count). The van der Waals surface area contributed by atoms with Crippen LogP contribution in [-0.2, 0) is 0 Å². The molecule has 1 saturated heterocycles. The maximum atomic E-state index is 5.53. The number of nitrogens with one attached hydrogen (secondary N) is 1. The number of methoxy groups -OCH3 is 1. The number of ether oxygens (including phenoxy) is 1. The lowest BCUT2D eigenvalue weighted by Crippen LogP contribution is -2.46. The average Bonchev–Trinajstić information content (AvgIpc) is 2.42. The molecule has 3 nitrogen and oxygen atoms in total. The lowest BCUT2D eigenvalue weighted by atomic mass is 9.96. The van der Waals surface area contributed by atoms with Crippen LogP contribution >= 0.6 is 0 Å². The Morgan fingerprint density at radius 1 is 1.40 bits per heavy atom. The molecule has 1 aromatic rings. The molecule has 1 aliphatic rings. The van der Waals surface area contributed by atoms with E-state index in [1.54, 1.807) is 7.11 Å². The number of rotatable bonds is 4. The van der Waals surface area contributed by atoms with E-state index in [4.69, 9.17) is 4.74 Å². The molecule has 1 heterocycles. The van der Waals surface area contributed by atoms with Crippen molar-refractivity contribution >= 4 is 0 Å². The van der Waals surface area contributed by atoms with E-state index in [1.807, 2.05) is 0 Å². The second-order valence-electron chi connectivity index (χ2n) is 6.18. The van der Waals surface area contributed by atoms with Crippen molar-refractivity contribution in [2.24, 2.45) is 0 Å². The molecule has 3 atom stereocenters. The summed E-state index contributed by atoms with van der Waals surface area (Å²) in [5.41, 5.74) is 2.50. The number of nitrogens with zero attached hydrogens (tertiary/aromatic N) is 1. The van der Waals surface area contributed by atoms with Crippen LogP contribution in [0.15, 0.2) is 18.2 Å². The summed E-state index contributed by atoms with van der Waals surface area (Å²) in [7, 11) is 3.97. The molecule has 1 aromatic carbocycles. The van der Waals surface area contributed by atoms with E-state index >= 15 is 0 Å². The van der Waals surface area contributed by atoms with Gasteiger partial charge in [-0.05, 0) is 58.8 Å². The second kappa shape index (κ2) is 6.59. The van der Waals surface area contributed by atoms with Gasteiger partial charge in [0.05, 0.1) is 7.11 Å². The first kappa shape index (κ1) is 15.3. The van der Waals surface area contributed by atoms with E-state index in [0.717, 1.165) is 5.75 Å². The van der Waals surface area contributed by atoms with Gasteiger partial charge in [0.25, 0.3) is 0 Å². The van der Waals surface area contributed by atoms with Crippen molar-refractivity contribution in [3.63, 3.8) is 0 Å². The molecular weight excluding hydrogens is 248 g/mol. The van der Waals surface area contributed by atoms with Gasteiger partial charge in [0.1, 0.15) is 5.75 Å². The average molecular weight is 276 g/mol. The summed E-state index contributed by atoms with van der Waals surface area (Å²) in [5, 5.41) is 3.77. The first-order valence-corrected chi connectivity index (χ1v) is 7.62. The Kier molecular flexibility index (Phi) is 5.06. The second-order valence-corrected chi connectivity index (χ2v) is 6.18. The molecule has 0 spiro atoms. The maximum Gasteiger partial charge on any atom is 0.123 e. The van der Waals surface area contributed by atoms with E-state index in [-0.39, 0.29) is 0 Å². The highest BCUT2D eigenvalue weighted by atomic mass is 16.5. The van der Waals surface area contributed by atoms with Gasteiger partial charge in [0, 0.05) is 23.7 Å². The van der Waals surface area contributed by atoms with Gasteiger partial charge in [0.15, 0.2) is 0 Å². The van der Waals surface area contributed by atoms with Gasteiger partial charge >= 0.3 is 0 Å². The van der Waals surface area contributed by atoms with Gasteiger partial charge < -0.3 is 15.0 Å². The van der Waals surface area contributed by atoms with Crippen molar-refractivity contribution in [2.75, 3.05) is 20.7 Å². The van der Waals surface area contributed by atoms with Crippen molar-refractivity contribution in [1.29, 1.82) is 0 Å². The largest absolute Gasteiger partial charge is 0.496 e. The monoisotopic (exact) mass is 276 g/mol. The van der Waals surface area contributed by atoms with Crippen LogP contribution in [-0.4, -0.2) is 37.7 Å². The van der Waals surface area contributed by atoms with Gasteiger partial charge in [0.2, 0.25) is 0 Å². The van der Waals surface area contributed by atoms with Crippen LogP contribution in [0.25, 0.3) is 0 Å². The van der Waals surface area contributed by atoms with E-state index in [2.05, 4.69) is 56.2 Å². The molecule has 112 valence electrons. The van der Waals surface area contributed by atoms with Gasteiger partial charge in [-0.1, -0.05) is 12.1 Å². The maximum absolute atomic E-state index is 5.53. The Morgan fingerprint density at radius 2 is 2.15 bits per heavy atom. The van der Waals surface area contributed by atoms with Gasteiger partial charge in [-0.2, -0.15) is 0 Å². The Bertz CT molecular complexity index is 447. The number of piperidine rings is 1. The van der Waals surface area contributed by atoms with E-state index in [0.29, 0.717) is 18.1 Å². The number of benzene rings is 1. The van der Waals surface area contributed by atoms with E-state index in [1.165, 1.54) is 30.5 Å². The summed E-state index contributed by atoms with van der Waals surface area (Å²) >= 11 is 0. The molecule has 0 aromatic heterocycles. The van der Waals surface area contributed by atoms with Crippen molar-refractivity contribution < 1.29 is 4.74 Å². The molecule has 1 aliphatic heterocycles. The minimum atomic E-state index is 0.325. The van der Waals surface area contributed by atoms with Gasteiger partial charge in [-0.15, -0.1) is 0 Å². The highest BCUT2D eigenvalue weighted by Gasteiger charge is 2.24. The number of hydrogen-bond donors (Lipinski definition) is 1. The molecule has 0 radical (unpaired) electrons. The molecule has 20 heavy (non-hydrogen) atoms. The lowest BCUT2D eigenvalue weighted by molar-refractivity contribution is 0.163. The number of aryl methyl sites for hydroxylation is 1. The fourth-order valence-corrected chi connectivity index (χ4v) is 3.06. The predicted molar refractivity (Wildman–Crippen MR) is 84.4 cm³/mol. The van der Waals surface area contributed by atoms with Gasteiger partial charge in [-0.25, -0.2) is 0 Å². The van der Waals surface area contributed by atoms with Crippen LogP contribution in [0.5, 0.6) is 5.75 Å². The van der Waals surface area contributed by atoms with Crippen molar-refractivity contribution in [2.45, 2.75) is 51.7 Å². The minimum Gasteiger partial charge on any atom is -0.496 e. The molecular formula is C17H28N2O. The van der Waals surface area contributed by atoms with Crippen LogP contribution in [0.1, 0.15) is 43.9 Å². The third kappa shape index (κ3) is 3.53. The topological polar surface area (TPSA) is 24.5 Å². The SMILES string of the molecule is COc1cc(C)ccc1C(C)NC1CCN(C)C(C)C1. The fourth-order valence-electron chi connectivity index (χ4n) is 3.06. The normalized spacial score (nSPS) is 25.4. The summed E-state index contributed by atoms with van der Waals surface area (Å²) in [6.07, 6.45) is 2.44. The Labute approximate surface area is 123 Å². The quantitative estimate of drug-likeness (QED) is 0.914. The highest BCUT2D eigenvalue weighted by molar-refractivity contribution is 5.39. The van der Waals surface area contributed by atoms with Crippen molar-refractivity contribution in [1.82, 2.24) is 10.2 Å². The van der Waals surface area contributed by atoms with Crippen LogP contribution in [0.3, 0.4) is 0 Å². The zero-order valence-corrected chi connectivity index (χ0v) is 13.4. The molecule has 0 aliphatic carbocycles. The van der Waals surface area contributed by atoms with Crippen molar-refractivity contribution in [3.05, 3.63) is 29.3 Å². The Hall–Kier alpha value is -1.06. The molecule has 0 saturated carbocycles. The van der Waals surface area contributed by atoms with Crippen LogP contribution in [0.2, 0.25) is 0 Å². The minimum absolute atomic E-state index is 0.325. The molecule has 3 heteroatoms. The third-order valence-electron chi connectivity index (χ3n) is 4.55. The highest BCUT2D eigenvalue weighted by Crippen LogP contribution is 2.27. The Morgan fingerprint density at radius 3 is 2.80 bits per heavy atom. The lowest BCUT2D eigenvalue weighted by Gasteiger charge is -2.37. The predicted octanol–water partition coefficient (Wildman–Crippen LogP) is 3.14. The molecule has 1 fully saturated rings. The summed E-state index contributed by atoms with van der Waals surface area (Å²) in [4.78, 5) is 2.44. The summed E-state index contributed by atoms with van der Waals surface area (Å²) in [5.74, 6) is 0.992. The standard InChI is InChI=1S/C17H28N2O/c1-12-6-7-16(17(10-12)20-5)14(3)18-15-8-9-19(4)13(2)11-15/h6-7,10,13-15,18H,8-9,11H2,1-5H3. The van der Waals surface area contributed by atoms with Gasteiger partial charge in [-0.3, -0.25) is 0 Å². The van der Waals surface area contributed by atoms with Crippen LogP contribution in [0, 0.1) is 6.92 Å². The first-order chi connectivity index (χ1) is 9.51. The number of likely N-dealkylation sites (tertiary alicyclic amines) is 1. The fraction of sp³-hybridized carbons (Fsp3) is 0.647. The summed E-state index contributed by atoms with van der Waals surface area (Å²) in [6, 6.07) is 8.05. The van der Waals surface area contributed by atoms with Crippen LogP contribution < -0.4 is 10.1 Å². The summed E-state index contributed by atoms with van der Waals surface area (Å²) in [6.45, 7) is 7.82. The smallest absolute Gasteiger partial charge is 0.123 e. The molecule has 3 unspecified atom stereocenters. The zero-order valence-electron chi connectivity index (χ0n) is 13.4. The van der Waals surface area contributed by atoms with E-state index in [9.17, 15) is 0 Å². The number of hydrogen-bond acceptors (Lipinski definition) is 3. The Balaban J connectivity index is 2.03. The third-order valence-corrected chi connectivity index (χ3v) is 4.55. The van der Waals surface area contributed by atoms with Crippen LogP contribution in [0.4, 0.5) is 0 Å². The molecule has 0 bridgehead atoms.